The van der Waals surface area contributed by atoms with Crippen molar-refractivity contribution < 1.29 is 27.7 Å². The second-order valence-electron chi connectivity index (χ2n) is 2.40. The van der Waals surface area contributed by atoms with Crippen molar-refractivity contribution in [3.8, 4) is 5.75 Å². The van der Waals surface area contributed by atoms with E-state index >= 15 is 0 Å². The van der Waals surface area contributed by atoms with Gasteiger partial charge in [0.15, 0.2) is 0 Å². The van der Waals surface area contributed by atoms with Crippen LogP contribution in [0.2, 0.25) is 0 Å². The van der Waals surface area contributed by atoms with Crippen LogP contribution in [0.1, 0.15) is 5.56 Å². The summed E-state index contributed by atoms with van der Waals surface area (Å²) in [6.07, 6.45) is 0. The van der Waals surface area contributed by atoms with Crippen molar-refractivity contribution in [1.82, 2.24) is 0 Å². The molecule has 0 spiro atoms. The molecule has 42 valence electrons. The third-order valence-corrected chi connectivity index (χ3v) is 6.86. The van der Waals surface area contributed by atoms with Crippen LogP contribution in [0.4, 0.5) is 0 Å². The predicted octanol–water partition coefficient (Wildman–Crippen LogP) is 1.01. The van der Waals surface area contributed by atoms with E-state index in [1.54, 1.807) is 3.07 Å². The summed E-state index contributed by atoms with van der Waals surface area (Å²) < 4.78 is 6.94. The summed E-state index contributed by atoms with van der Waals surface area (Å²) in [6.45, 7) is 2.10. The molecule has 0 unspecified atom stereocenters. The minimum absolute atomic E-state index is 0.901. The summed E-state index contributed by atoms with van der Waals surface area (Å²) in [4.78, 5) is 0. The minimum atomic E-state index is -0.901. The van der Waals surface area contributed by atoms with Crippen molar-refractivity contribution in [3.63, 3.8) is 0 Å². The third-order valence-electron chi connectivity index (χ3n) is 1.61. The fourth-order valence-electron chi connectivity index (χ4n) is 0.990. The maximum atomic E-state index is 5.38. The van der Waals surface area contributed by atoms with E-state index in [9.17, 15) is 0 Å². The number of aryl methyl sites for hydroxylation is 1. The summed E-state index contributed by atoms with van der Waals surface area (Å²) in [5.41, 5.74) is 1.31. The van der Waals surface area contributed by atoms with E-state index in [0.717, 1.165) is 5.75 Å². The van der Waals surface area contributed by atoms with Gasteiger partial charge in [0.2, 0.25) is 0 Å². The Morgan fingerprint density at radius 1 is 1.44 bits per heavy atom. The molecule has 0 aliphatic carbocycles. The molecule has 0 radical (unpaired) electrons. The van der Waals surface area contributed by atoms with E-state index in [2.05, 4.69) is 25.1 Å². The van der Waals surface area contributed by atoms with Crippen LogP contribution in [0.3, 0.4) is 0 Å². The van der Waals surface area contributed by atoms with Crippen LogP contribution in [0.25, 0.3) is 0 Å². The normalized spacial score (nSPS) is 11.7. The van der Waals surface area contributed by atoms with Gasteiger partial charge >= 0.3 is 67.2 Å². The van der Waals surface area contributed by atoms with Gasteiger partial charge < -0.3 is 0 Å². The van der Waals surface area contributed by atoms with Crippen molar-refractivity contribution in [2.24, 2.45) is 0 Å². The number of fused-ring (bicyclic) bond motifs is 1. The van der Waals surface area contributed by atoms with Crippen molar-refractivity contribution in [3.05, 3.63) is 23.8 Å². The molecule has 0 saturated carbocycles. The first kappa shape index (κ1) is 5.72. The quantitative estimate of drug-likeness (QED) is 0.650. The molecule has 1 heterocycles. The van der Waals surface area contributed by atoms with Crippen LogP contribution < -0.4 is 5.72 Å². The molecule has 9 heavy (non-hydrogen) atoms. The van der Waals surface area contributed by atoms with Gasteiger partial charge in [0.1, 0.15) is 0 Å². The van der Waals surface area contributed by atoms with Gasteiger partial charge in [-0.15, -0.1) is 0 Å². The molecule has 1 aliphatic heterocycles. The standard InChI is InChI=1S/C7H7O.Hg/c1-6-3-2-4-7(8)5-6;/h2-3,5,8H,1H3;/q;+1/p-1. The molecule has 0 saturated heterocycles. The second kappa shape index (κ2) is 1.98. The van der Waals surface area contributed by atoms with E-state index < -0.39 is 25.0 Å². The maximum absolute atomic E-state index is 5.38. The Morgan fingerprint density at radius 2 is 2.33 bits per heavy atom. The summed E-state index contributed by atoms with van der Waals surface area (Å²) >= 11 is -0.901. The Balaban J connectivity index is 2.57. The van der Waals surface area contributed by atoms with Crippen molar-refractivity contribution in [1.29, 1.82) is 0 Å². The molecule has 0 fully saturated rings. The average Bonchev–Trinajstić information content (AvgIpc) is 1.78. The van der Waals surface area contributed by atoms with Gasteiger partial charge in [-0.3, -0.25) is 0 Å². The van der Waals surface area contributed by atoms with E-state index in [4.69, 9.17) is 2.64 Å². The Kier molecular flexibility index (Phi) is 1.26. The van der Waals surface area contributed by atoms with Crippen LogP contribution in [-0.2, 0) is 25.0 Å². The summed E-state index contributed by atoms with van der Waals surface area (Å²) in [6, 6.07) is 6.51. The van der Waals surface area contributed by atoms with Crippen LogP contribution >= 0.6 is 0 Å². The first-order valence-electron chi connectivity index (χ1n) is 3.08. The van der Waals surface area contributed by atoms with E-state index in [0.29, 0.717) is 0 Å². The van der Waals surface area contributed by atoms with Crippen LogP contribution in [0.5, 0.6) is 5.75 Å². The SMILES string of the molecule is Cc1cc[c]2c(c1)[O][Hg]2. The first-order chi connectivity index (χ1) is 4.36. The molecular formula is C7H6HgO. The van der Waals surface area contributed by atoms with Crippen molar-refractivity contribution in [2.75, 3.05) is 0 Å². The predicted molar refractivity (Wildman–Crippen MR) is 31.4 cm³/mol. The van der Waals surface area contributed by atoms with Gasteiger partial charge in [-0.25, -0.2) is 0 Å². The molecule has 0 aromatic heterocycles. The van der Waals surface area contributed by atoms with Gasteiger partial charge in [-0.1, -0.05) is 0 Å². The zero-order chi connectivity index (χ0) is 6.27. The summed E-state index contributed by atoms with van der Waals surface area (Å²) in [7, 11) is 0. The zero-order valence-electron chi connectivity index (χ0n) is 5.35. The molecule has 1 nitrogen and oxygen atoms in total. The zero-order valence-corrected chi connectivity index (χ0v) is 10.8. The summed E-state index contributed by atoms with van der Waals surface area (Å²) in [5.74, 6) is 1.16. The number of hydrogen-bond donors (Lipinski definition) is 0. The Labute approximate surface area is 67.1 Å². The molecule has 0 amide bonds. The van der Waals surface area contributed by atoms with E-state index in [1.807, 2.05) is 0 Å². The fraction of sp³-hybridized carbons (Fsp3) is 0.143. The molecule has 1 aromatic carbocycles. The Morgan fingerprint density at radius 3 is 2.78 bits per heavy atom. The monoisotopic (exact) mass is 308 g/mol. The topological polar surface area (TPSA) is 9.23 Å². The third kappa shape index (κ3) is 0.875. The van der Waals surface area contributed by atoms with Crippen LogP contribution in [0.15, 0.2) is 18.2 Å². The van der Waals surface area contributed by atoms with Crippen molar-refractivity contribution in [2.45, 2.75) is 6.92 Å². The number of hydrogen-bond acceptors (Lipinski definition) is 1. The fourth-order valence-corrected chi connectivity index (χ4v) is 4.40. The molecule has 2 heteroatoms. The molecule has 0 bridgehead atoms. The Bertz CT molecular complexity index is 245. The van der Waals surface area contributed by atoms with Gasteiger partial charge in [0, 0.05) is 0 Å². The number of benzene rings is 1. The Hall–Kier alpha value is -0.0449. The van der Waals surface area contributed by atoms with Crippen molar-refractivity contribution >= 4 is 3.07 Å². The van der Waals surface area contributed by atoms with Gasteiger partial charge in [-0.2, -0.15) is 0 Å². The first-order valence-corrected chi connectivity index (χ1v) is 8.08. The molecule has 0 N–H and O–H groups in total. The molecule has 2 rings (SSSR count). The van der Waals surface area contributed by atoms with Gasteiger partial charge in [0.25, 0.3) is 0 Å². The average molecular weight is 307 g/mol. The van der Waals surface area contributed by atoms with E-state index in [-0.39, 0.29) is 0 Å². The second-order valence-corrected chi connectivity index (χ2v) is 7.61. The van der Waals surface area contributed by atoms with Crippen LogP contribution in [0, 0.1) is 6.92 Å². The van der Waals surface area contributed by atoms with Gasteiger partial charge in [0.05, 0.1) is 0 Å². The molecule has 1 aliphatic rings. The number of rotatable bonds is 0. The van der Waals surface area contributed by atoms with Gasteiger partial charge in [-0.05, 0) is 0 Å². The molecule has 0 atom stereocenters. The van der Waals surface area contributed by atoms with Crippen LogP contribution in [-0.4, -0.2) is 0 Å². The van der Waals surface area contributed by atoms with E-state index in [1.165, 1.54) is 5.56 Å². The molecule has 1 aromatic rings. The molecular weight excluding hydrogens is 301 g/mol. The summed E-state index contributed by atoms with van der Waals surface area (Å²) in [5, 5.41) is 0.